The third kappa shape index (κ3) is 2.97. The molecular weight excluding hydrogens is 166 g/mol. The number of carbonyl (C=O) groups excluding carboxylic acids is 1. The zero-order chi connectivity index (χ0) is 9.84. The zero-order valence-corrected chi connectivity index (χ0v) is 7.83. The lowest BCUT2D eigenvalue weighted by Gasteiger charge is -2.15. The van der Waals surface area contributed by atoms with Crippen molar-refractivity contribution in [3.63, 3.8) is 0 Å². The number of hydrogen-bond donors (Lipinski definition) is 1. The topological polar surface area (TPSA) is 44.6 Å². The highest BCUT2D eigenvalue weighted by atomic mass is 16.5. The van der Waals surface area contributed by atoms with Crippen molar-refractivity contribution in [2.75, 3.05) is 7.05 Å². The van der Waals surface area contributed by atoms with Gasteiger partial charge in [0.05, 0.1) is 7.05 Å². The standard InChI is InChI=1S/C10H13NO2/c1-8(12)10-5-3-4-9(6-10)7-11(2)13/h3-6,11H,7H2,1-2H3. The minimum absolute atomic E-state index is 0.0328. The van der Waals surface area contributed by atoms with E-state index in [0.717, 1.165) is 5.56 Å². The van der Waals surface area contributed by atoms with Gasteiger partial charge in [0.1, 0.15) is 6.54 Å². The third-order valence-electron chi connectivity index (χ3n) is 1.79. The van der Waals surface area contributed by atoms with Crippen LogP contribution in [-0.4, -0.2) is 12.8 Å². The highest BCUT2D eigenvalue weighted by Gasteiger charge is 2.01. The molecule has 1 aromatic rings. The van der Waals surface area contributed by atoms with E-state index in [9.17, 15) is 10.0 Å². The van der Waals surface area contributed by atoms with Crippen LogP contribution in [0.25, 0.3) is 0 Å². The molecule has 3 heteroatoms. The molecule has 1 N–H and O–H groups in total. The molecule has 1 rings (SSSR count). The summed E-state index contributed by atoms with van der Waals surface area (Å²) in [6.07, 6.45) is 0. The lowest BCUT2D eigenvalue weighted by atomic mass is 10.1. The van der Waals surface area contributed by atoms with E-state index in [4.69, 9.17) is 0 Å². The van der Waals surface area contributed by atoms with Crippen molar-refractivity contribution >= 4 is 5.78 Å². The molecule has 0 amide bonds. The molecular formula is C10H13NO2. The first kappa shape index (κ1) is 9.89. The second-order valence-electron chi connectivity index (χ2n) is 3.14. The summed E-state index contributed by atoms with van der Waals surface area (Å²) in [6.45, 7) is 1.92. The van der Waals surface area contributed by atoms with Gasteiger partial charge in [0.25, 0.3) is 0 Å². The molecule has 1 aromatic carbocycles. The van der Waals surface area contributed by atoms with Crippen LogP contribution in [0, 0.1) is 5.21 Å². The fourth-order valence-electron chi connectivity index (χ4n) is 1.19. The Hall–Kier alpha value is -1.19. The number of hydrogen-bond acceptors (Lipinski definition) is 2. The lowest BCUT2D eigenvalue weighted by molar-refractivity contribution is -0.840. The molecule has 0 aliphatic carbocycles. The molecule has 0 bridgehead atoms. The summed E-state index contributed by atoms with van der Waals surface area (Å²) in [4.78, 5) is 11.0. The number of ketones is 1. The molecule has 1 unspecified atom stereocenters. The third-order valence-corrected chi connectivity index (χ3v) is 1.79. The van der Waals surface area contributed by atoms with Gasteiger partial charge in [0, 0.05) is 11.1 Å². The molecule has 3 nitrogen and oxygen atoms in total. The van der Waals surface area contributed by atoms with E-state index in [1.165, 1.54) is 6.92 Å². The highest BCUT2D eigenvalue weighted by Crippen LogP contribution is 2.04. The highest BCUT2D eigenvalue weighted by molar-refractivity contribution is 5.94. The smallest absolute Gasteiger partial charge is 0.159 e. The molecule has 0 spiro atoms. The minimum Gasteiger partial charge on any atom is -0.634 e. The predicted molar refractivity (Wildman–Crippen MR) is 50.4 cm³/mol. The molecule has 0 aliphatic heterocycles. The van der Waals surface area contributed by atoms with Gasteiger partial charge in [-0.05, 0) is 13.0 Å². The van der Waals surface area contributed by atoms with Crippen molar-refractivity contribution in [3.05, 3.63) is 40.6 Å². The number of nitrogens with one attached hydrogen (secondary N) is 1. The van der Waals surface area contributed by atoms with Gasteiger partial charge in [0.2, 0.25) is 0 Å². The first-order chi connectivity index (χ1) is 6.09. The molecule has 0 saturated carbocycles. The average molecular weight is 179 g/mol. The Kier molecular flexibility index (Phi) is 3.17. The first-order valence-corrected chi connectivity index (χ1v) is 4.19. The van der Waals surface area contributed by atoms with Crippen LogP contribution in [0.1, 0.15) is 22.8 Å². The number of hydroxylamine groups is 2. The van der Waals surface area contributed by atoms with Gasteiger partial charge < -0.3 is 10.3 Å². The summed E-state index contributed by atoms with van der Waals surface area (Å²) in [6, 6.07) is 7.18. The maximum atomic E-state index is 11.0. The van der Waals surface area contributed by atoms with Crippen LogP contribution in [0.5, 0.6) is 0 Å². The Morgan fingerprint density at radius 2 is 2.23 bits per heavy atom. The minimum atomic E-state index is 0.0328. The van der Waals surface area contributed by atoms with E-state index in [1.807, 2.05) is 6.07 Å². The summed E-state index contributed by atoms with van der Waals surface area (Å²) >= 11 is 0. The largest absolute Gasteiger partial charge is 0.634 e. The van der Waals surface area contributed by atoms with Gasteiger partial charge >= 0.3 is 0 Å². The summed E-state index contributed by atoms with van der Waals surface area (Å²) in [5.41, 5.74) is 1.57. The monoisotopic (exact) mass is 179 g/mol. The summed E-state index contributed by atoms with van der Waals surface area (Å²) in [5, 5.41) is 10.9. The summed E-state index contributed by atoms with van der Waals surface area (Å²) in [7, 11) is 1.54. The zero-order valence-electron chi connectivity index (χ0n) is 7.83. The van der Waals surface area contributed by atoms with E-state index < -0.39 is 0 Å². The number of rotatable bonds is 3. The second kappa shape index (κ2) is 4.16. The molecule has 0 aliphatic rings. The molecule has 0 radical (unpaired) electrons. The van der Waals surface area contributed by atoms with Crippen LogP contribution in [0.15, 0.2) is 24.3 Å². The van der Waals surface area contributed by atoms with E-state index in [-0.39, 0.29) is 10.8 Å². The number of carbonyl (C=O) groups is 1. The van der Waals surface area contributed by atoms with Crippen molar-refractivity contribution in [3.8, 4) is 0 Å². The van der Waals surface area contributed by atoms with Crippen LogP contribution >= 0.6 is 0 Å². The average Bonchev–Trinajstić information content (AvgIpc) is 2.03. The van der Waals surface area contributed by atoms with Gasteiger partial charge in [-0.1, -0.05) is 18.2 Å². The predicted octanol–water partition coefficient (Wildman–Crippen LogP) is 0.402. The Morgan fingerprint density at radius 1 is 1.54 bits per heavy atom. The summed E-state index contributed by atoms with van der Waals surface area (Å²) < 4.78 is 0. The van der Waals surface area contributed by atoms with Crippen molar-refractivity contribution in [1.29, 1.82) is 0 Å². The van der Waals surface area contributed by atoms with E-state index in [1.54, 1.807) is 25.2 Å². The van der Waals surface area contributed by atoms with Gasteiger partial charge in [-0.15, -0.1) is 0 Å². The van der Waals surface area contributed by atoms with Crippen LogP contribution < -0.4 is 5.06 Å². The maximum absolute atomic E-state index is 11.0. The molecule has 0 fully saturated rings. The second-order valence-corrected chi connectivity index (χ2v) is 3.14. The van der Waals surface area contributed by atoms with Gasteiger partial charge in [-0.3, -0.25) is 4.79 Å². The van der Waals surface area contributed by atoms with Crippen molar-refractivity contribution in [1.82, 2.24) is 0 Å². The Bertz CT molecular complexity index is 308. The Balaban J connectivity index is 2.85. The molecule has 0 aromatic heterocycles. The van der Waals surface area contributed by atoms with Crippen molar-refractivity contribution in [2.45, 2.75) is 13.5 Å². The normalized spacial score (nSPS) is 12.5. The van der Waals surface area contributed by atoms with Crippen LogP contribution in [0.4, 0.5) is 0 Å². The van der Waals surface area contributed by atoms with E-state index >= 15 is 0 Å². The lowest BCUT2D eigenvalue weighted by Crippen LogP contribution is -3.02. The van der Waals surface area contributed by atoms with Crippen LogP contribution in [0.2, 0.25) is 0 Å². The van der Waals surface area contributed by atoms with E-state index in [2.05, 4.69) is 0 Å². The van der Waals surface area contributed by atoms with Crippen molar-refractivity contribution in [2.24, 2.45) is 0 Å². The fraction of sp³-hybridized carbons (Fsp3) is 0.300. The molecule has 1 atom stereocenters. The quantitative estimate of drug-likeness (QED) is 0.539. The van der Waals surface area contributed by atoms with Crippen LogP contribution in [0.3, 0.4) is 0 Å². The first-order valence-electron chi connectivity index (χ1n) is 4.19. The Morgan fingerprint density at radius 3 is 2.77 bits per heavy atom. The van der Waals surface area contributed by atoms with E-state index in [0.29, 0.717) is 12.1 Å². The van der Waals surface area contributed by atoms with Gasteiger partial charge in [-0.25, -0.2) is 0 Å². The fourth-order valence-corrected chi connectivity index (χ4v) is 1.19. The van der Waals surface area contributed by atoms with Gasteiger partial charge in [0.15, 0.2) is 5.78 Å². The number of benzene rings is 1. The van der Waals surface area contributed by atoms with Crippen LogP contribution in [-0.2, 0) is 6.54 Å². The maximum Gasteiger partial charge on any atom is 0.159 e. The SMILES string of the molecule is CC(=O)c1cccc(C[NH+](C)[O-])c1. The van der Waals surface area contributed by atoms with Crippen molar-refractivity contribution < 1.29 is 9.86 Å². The Labute approximate surface area is 77.6 Å². The molecule has 13 heavy (non-hydrogen) atoms. The molecule has 0 heterocycles. The summed E-state index contributed by atoms with van der Waals surface area (Å²) in [5.74, 6) is 0.0328. The molecule has 70 valence electrons. The van der Waals surface area contributed by atoms with Gasteiger partial charge in [-0.2, -0.15) is 0 Å². The molecule has 0 saturated heterocycles. The number of quaternary nitrogens is 1. The number of Topliss-reactive ketones (excluding diaryl/α,β-unsaturated/α-hetero) is 1.